The topological polar surface area (TPSA) is 45.0 Å². The normalized spacial score (nSPS) is 16.1. The van der Waals surface area contributed by atoms with Crippen LogP contribution in [-0.2, 0) is 6.54 Å². The minimum Gasteiger partial charge on any atom is -0.495 e. The highest BCUT2D eigenvalue weighted by Gasteiger charge is 2.39. The maximum absolute atomic E-state index is 8.92. The second kappa shape index (κ2) is 5.41. The molecule has 1 saturated carbocycles. The van der Waals surface area contributed by atoms with Crippen LogP contribution in [0.3, 0.4) is 0 Å². The van der Waals surface area contributed by atoms with Crippen LogP contribution in [0.25, 0.3) is 0 Å². The van der Waals surface area contributed by atoms with Crippen molar-refractivity contribution in [1.29, 1.82) is 5.26 Å². The molecule has 0 bridgehead atoms. The van der Waals surface area contributed by atoms with Gasteiger partial charge in [-0.3, -0.25) is 0 Å². The zero-order valence-electron chi connectivity index (χ0n) is 11.1. The third-order valence-electron chi connectivity index (χ3n) is 3.92. The summed E-state index contributed by atoms with van der Waals surface area (Å²) in [6.07, 6.45) is 3.97. The van der Waals surface area contributed by atoms with Gasteiger partial charge in [-0.15, -0.1) is 0 Å². The first-order chi connectivity index (χ1) is 8.73. The van der Waals surface area contributed by atoms with E-state index in [2.05, 4.69) is 18.3 Å². The van der Waals surface area contributed by atoms with E-state index in [1.54, 1.807) is 7.11 Å². The van der Waals surface area contributed by atoms with Crippen LogP contribution in [0.5, 0.6) is 5.75 Å². The van der Waals surface area contributed by atoms with Crippen molar-refractivity contribution in [2.45, 2.75) is 32.7 Å². The van der Waals surface area contributed by atoms with Gasteiger partial charge >= 0.3 is 0 Å². The molecule has 1 aromatic rings. The summed E-state index contributed by atoms with van der Waals surface area (Å²) in [7, 11) is 1.60. The predicted octanol–water partition coefficient (Wildman–Crippen LogP) is 2.85. The third kappa shape index (κ3) is 2.83. The molecule has 0 unspecified atom stereocenters. The van der Waals surface area contributed by atoms with E-state index in [0.29, 0.717) is 16.7 Å². The van der Waals surface area contributed by atoms with E-state index in [4.69, 9.17) is 10.00 Å². The summed E-state index contributed by atoms with van der Waals surface area (Å²) in [6, 6.07) is 7.88. The van der Waals surface area contributed by atoms with E-state index in [1.165, 1.54) is 19.3 Å². The van der Waals surface area contributed by atoms with Crippen molar-refractivity contribution >= 4 is 0 Å². The number of rotatable bonds is 6. The molecule has 0 spiro atoms. The second-order valence-corrected chi connectivity index (χ2v) is 5.10. The van der Waals surface area contributed by atoms with Crippen LogP contribution < -0.4 is 10.1 Å². The van der Waals surface area contributed by atoms with Crippen molar-refractivity contribution in [3.63, 3.8) is 0 Å². The first-order valence-electron chi connectivity index (χ1n) is 6.51. The third-order valence-corrected chi connectivity index (χ3v) is 3.92. The molecule has 0 saturated heterocycles. The molecular weight excluding hydrogens is 224 g/mol. The SMILES string of the molecule is CCC1(CNCc2ccc(C#N)c(OC)c2)CC1. The van der Waals surface area contributed by atoms with Gasteiger partial charge in [0.1, 0.15) is 11.8 Å². The Balaban J connectivity index is 1.92. The molecule has 0 atom stereocenters. The molecule has 0 aliphatic heterocycles. The average Bonchev–Trinajstić information content (AvgIpc) is 3.19. The van der Waals surface area contributed by atoms with Gasteiger partial charge in [-0.25, -0.2) is 0 Å². The number of hydrogen-bond acceptors (Lipinski definition) is 3. The number of nitrogens with one attached hydrogen (secondary N) is 1. The average molecular weight is 244 g/mol. The number of methoxy groups -OCH3 is 1. The minimum absolute atomic E-state index is 0.566. The maximum Gasteiger partial charge on any atom is 0.136 e. The molecule has 0 heterocycles. The Bertz CT molecular complexity index is 458. The van der Waals surface area contributed by atoms with Gasteiger partial charge in [0.05, 0.1) is 12.7 Å². The summed E-state index contributed by atoms with van der Waals surface area (Å²) in [6.45, 7) is 4.19. The maximum atomic E-state index is 8.92. The highest BCUT2D eigenvalue weighted by molar-refractivity contribution is 5.45. The highest BCUT2D eigenvalue weighted by atomic mass is 16.5. The number of hydrogen-bond donors (Lipinski definition) is 1. The predicted molar refractivity (Wildman–Crippen MR) is 71.4 cm³/mol. The molecule has 0 amide bonds. The van der Waals surface area contributed by atoms with Crippen LogP contribution in [0.2, 0.25) is 0 Å². The zero-order valence-corrected chi connectivity index (χ0v) is 11.1. The van der Waals surface area contributed by atoms with Crippen molar-refractivity contribution in [3.05, 3.63) is 29.3 Å². The van der Waals surface area contributed by atoms with Crippen molar-refractivity contribution in [2.24, 2.45) is 5.41 Å². The Morgan fingerprint density at radius 2 is 2.22 bits per heavy atom. The molecule has 3 heteroatoms. The lowest BCUT2D eigenvalue weighted by Gasteiger charge is -2.14. The lowest BCUT2D eigenvalue weighted by atomic mass is 10.0. The summed E-state index contributed by atoms with van der Waals surface area (Å²) in [4.78, 5) is 0. The van der Waals surface area contributed by atoms with Crippen LogP contribution in [0.1, 0.15) is 37.3 Å². The fourth-order valence-corrected chi connectivity index (χ4v) is 2.24. The van der Waals surface area contributed by atoms with Crippen LogP contribution in [0.15, 0.2) is 18.2 Å². The standard InChI is InChI=1S/C15H20N2O/c1-3-15(6-7-15)11-17-10-12-4-5-13(9-16)14(8-12)18-2/h4-5,8,17H,3,6-7,10-11H2,1-2H3. The Kier molecular flexibility index (Phi) is 3.88. The molecule has 18 heavy (non-hydrogen) atoms. The molecule has 0 aromatic heterocycles. The van der Waals surface area contributed by atoms with Gasteiger partial charge in [-0.2, -0.15) is 5.26 Å². The second-order valence-electron chi connectivity index (χ2n) is 5.10. The van der Waals surface area contributed by atoms with E-state index < -0.39 is 0 Å². The number of nitriles is 1. The molecule has 3 nitrogen and oxygen atoms in total. The molecule has 1 N–H and O–H groups in total. The van der Waals surface area contributed by atoms with Crippen molar-refractivity contribution < 1.29 is 4.74 Å². The van der Waals surface area contributed by atoms with Crippen LogP contribution >= 0.6 is 0 Å². The van der Waals surface area contributed by atoms with Crippen molar-refractivity contribution in [2.75, 3.05) is 13.7 Å². The lowest BCUT2D eigenvalue weighted by molar-refractivity contribution is 0.412. The van der Waals surface area contributed by atoms with Gasteiger partial charge in [0.2, 0.25) is 0 Å². The van der Waals surface area contributed by atoms with Gasteiger partial charge in [-0.05, 0) is 42.4 Å². The summed E-state index contributed by atoms with van der Waals surface area (Å²) in [5.41, 5.74) is 2.32. The number of ether oxygens (including phenoxy) is 1. The molecule has 96 valence electrons. The summed E-state index contributed by atoms with van der Waals surface area (Å²) < 4.78 is 5.21. The fraction of sp³-hybridized carbons (Fsp3) is 0.533. The Morgan fingerprint density at radius 3 is 2.78 bits per heavy atom. The minimum atomic E-state index is 0.566. The van der Waals surface area contributed by atoms with E-state index in [-0.39, 0.29) is 0 Å². The Hall–Kier alpha value is -1.53. The van der Waals surface area contributed by atoms with Crippen LogP contribution in [-0.4, -0.2) is 13.7 Å². The summed E-state index contributed by atoms with van der Waals surface area (Å²) in [5, 5.41) is 12.4. The summed E-state index contributed by atoms with van der Waals surface area (Å²) in [5.74, 6) is 0.661. The monoisotopic (exact) mass is 244 g/mol. The van der Waals surface area contributed by atoms with E-state index in [0.717, 1.165) is 18.7 Å². The highest BCUT2D eigenvalue weighted by Crippen LogP contribution is 2.47. The van der Waals surface area contributed by atoms with Gasteiger partial charge in [0.25, 0.3) is 0 Å². The van der Waals surface area contributed by atoms with E-state index in [9.17, 15) is 0 Å². The van der Waals surface area contributed by atoms with E-state index >= 15 is 0 Å². The molecule has 1 aliphatic carbocycles. The largest absolute Gasteiger partial charge is 0.495 e. The quantitative estimate of drug-likeness (QED) is 0.837. The van der Waals surface area contributed by atoms with E-state index in [1.807, 2.05) is 18.2 Å². The Labute approximate surface area is 109 Å². The van der Waals surface area contributed by atoms with Gasteiger partial charge in [0, 0.05) is 13.1 Å². The summed E-state index contributed by atoms with van der Waals surface area (Å²) >= 11 is 0. The molecule has 1 aliphatic rings. The van der Waals surface area contributed by atoms with Crippen LogP contribution in [0.4, 0.5) is 0 Å². The van der Waals surface area contributed by atoms with Gasteiger partial charge < -0.3 is 10.1 Å². The molecule has 1 aromatic carbocycles. The molecule has 0 radical (unpaired) electrons. The molecular formula is C15H20N2O. The lowest BCUT2D eigenvalue weighted by Crippen LogP contribution is -2.23. The van der Waals surface area contributed by atoms with Crippen molar-refractivity contribution in [1.82, 2.24) is 5.32 Å². The van der Waals surface area contributed by atoms with Crippen LogP contribution in [0, 0.1) is 16.7 Å². The zero-order chi connectivity index (χ0) is 13.0. The molecule has 1 fully saturated rings. The van der Waals surface area contributed by atoms with Crippen molar-refractivity contribution in [3.8, 4) is 11.8 Å². The fourth-order valence-electron chi connectivity index (χ4n) is 2.24. The van der Waals surface area contributed by atoms with Gasteiger partial charge in [-0.1, -0.05) is 13.0 Å². The first kappa shape index (κ1) is 12.9. The molecule has 2 rings (SSSR count). The number of nitrogens with zero attached hydrogens (tertiary/aromatic N) is 1. The first-order valence-corrected chi connectivity index (χ1v) is 6.51. The van der Waals surface area contributed by atoms with Gasteiger partial charge in [0.15, 0.2) is 0 Å². The Morgan fingerprint density at radius 1 is 1.44 bits per heavy atom. The number of benzene rings is 1. The smallest absolute Gasteiger partial charge is 0.136 e.